The molecule has 0 unspecified atom stereocenters. The van der Waals surface area contributed by atoms with Gasteiger partial charge in [0.2, 0.25) is 0 Å². The number of benzene rings is 1. The molecule has 1 aromatic carbocycles. The second kappa shape index (κ2) is 7.73. The Morgan fingerprint density at radius 1 is 1.18 bits per heavy atom. The smallest absolute Gasteiger partial charge is 0.316 e. The first-order valence-corrected chi connectivity index (χ1v) is 6.14. The molecule has 0 heterocycles. The second-order valence-corrected chi connectivity index (χ2v) is 4.31. The molecule has 0 amide bonds. The average molecular weight is 254 g/mol. The van der Waals surface area contributed by atoms with Crippen molar-refractivity contribution in [3.63, 3.8) is 0 Å². The van der Waals surface area contributed by atoms with Crippen molar-refractivity contribution in [2.45, 2.75) is 6.92 Å². The molecule has 0 atom stereocenters. The molecule has 5 heteroatoms. The zero-order chi connectivity index (χ0) is 12.5. The van der Waals surface area contributed by atoms with E-state index in [-0.39, 0.29) is 17.5 Å². The van der Waals surface area contributed by atoms with E-state index in [1.54, 1.807) is 0 Å². The van der Waals surface area contributed by atoms with Crippen molar-refractivity contribution in [2.24, 2.45) is 0 Å². The van der Waals surface area contributed by atoms with E-state index in [4.69, 9.17) is 9.47 Å². The van der Waals surface area contributed by atoms with E-state index in [2.05, 4.69) is 0 Å². The van der Waals surface area contributed by atoms with Crippen LogP contribution in [-0.4, -0.2) is 30.1 Å². The highest BCUT2D eigenvalue weighted by molar-refractivity contribution is 8.14. The minimum atomic E-state index is -0.401. The van der Waals surface area contributed by atoms with Gasteiger partial charge in [-0.05, 0) is 12.1 Å². The molecule has 0 aliphatic rings. The molecule has 92 valence electrons. The number of rotatable bonds is 6. The first-order valence-electron chi connectivity index (χ1n) is 5.15. The molecule has 1 aromatic rings. The molecule has 0 spiro atoms. The van der Waals surface area contributed by atoms with E-state index in [9.17, 15) is 9.59 Å². The van der Waals surface area contributed by atoms with Crippen molar-refractivity contribution < 1.29 is 19.1 Å². The van der Waals surface area contributed by atoms with Gasteiger partial charge in [0, 0.05) is 6.92 Å². The SMILES string of the molecule is CC(=O)SCC(=O)OCCOc1ccccc1. The van der Waals surface area contributed by atoms with E-state index >= 15 is 0 Å². The second-order valence-electron chi connectivity index (χ2n) is 3.16. The summed E-state index contributed by atoms with van der Waals surface area (Å²) >= 11 is 0.940. The summed E-state index contributed by atoms with van der Waals surface area (Å²) in [5.74, 6) is 0.393. The predicted molar refractivity (Wildman–Crippen MR) is 66.0 cm³/mol. The summed E-state index contributed by atoms with van der Waals surface area (Å²) in [4.78, 5) is 21.7. The summed E-state index contributed by atoms with van der Waals surface area (Å²) in [5, 5.41) is -0.0949. The summed E-state index contributed by atoms with van der Waals surface area (Å²) < 4.78 is 10.2. The number of para-hydroxylation sites is 1. The van der Waals surface area contributed by atoms with Gasteiger partial charge in [0.1, 0.15) is 19.0 Å². The molecule has 0 N–H and O–H groups in total. The van der Waals surface area contributed by atoms with E-state index in [1.165, 1.54) is 6.92 Å². The first kappa shape index (κ1) is 13.6. The Kier molecular flexibility index (Phi) is 6.17. The Bertz CT molecular complexity index is 364. The number of carbonyl (C=O) groups excluding carboxylic acids is 2. The Hall–Kier alpha value is -1.49. The molecule has 0 fully saturated rings. The quantitative estimate of drug-likeness (QED) is 0.573. The van der Waals surface area contributed by atoms with Gasteiger partial charge in [0.25, 0.3) is 0 Å². The third-order valence-corrected chi connectivity index (χ3v) is 2.54. The summed E-state index contributed by atoms with van der Waals surface area (Å²) in [6.07, 6.45) is 0. The summed E-state index contributed by atoms with van der Waals surface area (Å²) in [5.41, 5.74) is 0. The molecule has 0 radical (unpaired) electrons. The van der Waals surface area contributed by atoms with Crippen LogP contribution in [0.2, 0.25) is 0 Å². The third kappa shape index (κ3) is 6.63. The number of hydrogen-bond acceptors (Lipinski definition) is 5. The highest BCUT2D eigenvalue weighted by Gasteiger charge is 2.04. The van der Waals surface area contributed by atoms with Crippen LogP contribution in [0.5, 0.6) is 5.75 Å². The number of thioether (sulfide) groups is 1. The molecule has 1 rings (SSSR count). The Balaban J connectivity index is 2.08. The van der Waals surface area contributed by atoms with Crippen LogP contribution in [0.3, 0.4) is 0 Å². The molecule has 0 saturated heterocycles. The van der Waals surface area contributed by atoms with E-state index in [0.29, 0.717) is 6.61 Å². The Labute approximate surface area is 104 Å². The molecule has 0 aliphatic carbocycles. The van der Waals surface area contributed by atoms with Gasteiger partial charge in [0.15, 0.2) is 5.12 Å². The highest BCUT2D eigenvalue weighted by Crippen LogP contribution is 2.07. The van der Waals surface area contributed by atoms with Crippen LogP contribution in [0.4, 0.5) is 0 Å². The average Bonchev–Trinajstić information content (AvgIpc) is 2.33. The van der Waals surface area contributed by atoms with Crippen LogP contribution in [-0.2, 0) is 14.3 Å². The van der Waals surface area contributed by atoms with Crippen molar-refractivity contribution >= 4 is 22.8 Å². The van der Waals surface area contributed by atoms with Gasteiger partial charge in [-0.25, -0.2) is 0 Å². The van der Waals surface area contributed by atoms with Crippen LogP contribution in [0.15, 0.2) is 30.3 Å². The maximum absolute atomic E-state index is 11.1. The lowest BCUT2D eigenvalue weighted by molar-refractivity contribution is -0.141. The lowest BCUT2D eigenvalue weighted by atomic mass is 10.3. The minimum absolute atomic E-state index is 0.0562. The fourth-order valence-corrected chi connectivity index (χ4v) is 1.44. The highest BCUT2D eigenvalue weighted by atomic mass is 32.2. The van der Waals surface area contributed by atoms with Gasteiger partial charge in [-0.15, -0.1) is 0 Å². The van der Waals surface area contributed by atoms with Crippen molar-refractivity contribution in [1.82, 2.24) is 0 Å². The monoisotopic (exact) mass is 254 g/mol. The molecule has 0 saturated carbocycles. The maximum Gasteiger partial charge on any atom is 0.316 e. The fraction of sp³-hybridized carbons (Fsp3) is 0.333. The normalized spacial score (nSPS) is 9.71. The van der Waals surface area contributed by atoms with Crippen molar-refractivity contribution in [3.8, 4) is 5.75 Å². The third-order valence-electron chi connectivity index (χ3n) is 1.75. The number of ether oxygens (including phenoxy) is 2. The van der Waals surface area contributed by atoms with Gasteiger partial charge in [-0.3, -0.25) is 9.59 Å². The lowest BCUT2D eigenvalue weighted by Crippen LogP contribution is -2.14. The lowest BCUT2D eigenvalue weighted by Gasteiger charge is -2.06. The molecular weight excluding hydrogens is 240 g/mol. The van der Waals surface area contributed by atoms with E-state index < -0.39 is 5.97 Å². The van der Waals surface area contributed by atoms with Gasteiger partial charge in [0.05, 0.1) is 5.75 Å². The largest absolute Gasteiger partial charge is 0.490 e. The van der Waals surface area contributed by atoms with E-state index in [0.717, 1.165) is 17.5 Å². The van der Waals surface area contributed by atoms with Crippen LogP contribution in [0, 0.1) is 0 Å². The summed E-state index contributed by atoms with van der Waals surface area (Å²) in [7, 11) is 0. The molecular formula is C12H14O4S. The van der Waals surface area contributed by atoms with Gasteiger partial charge in [-0.2, -0.15) is 0 Å². The van der Waals surface area contributed by atoms with Gasteiger partial charge >= 0.3 is 5.97 Å². The zero-order valence-electron chi connectivity index (χ0n) is 9.55. The minimum Gasteiger partial charge on any atom is -0.490 e. The Morgan fingerprint density at radius 3 is 2.53 bits per heavy atom. The predicted octanol–water partition coefficient (Wildman–Crippen LogP) is 1.89. The number of carbonyl (C=O) groups is 2. The summed E-state index contributed by atoms with van der Waals surface area (Å²) in [6.45, 7) is 1.91. The molecule has 4 nitrogen and oxygen atoms in total. The van der Waals surface area contributed by atoms with Gasteiger partial charge in [-0.1, -0.05) is 30.0 Å². The van der Waals surface area contributed by atoms with Crippen molar-refractivity contribution in [2.75, 3.05) is 19.0 Å². The standard InChI is InChI=1S/C12H14O4S/c1-10(13)17-9-12(14)16-8-7-15-11-5-3-2-4-6-11/h2-6H,7-9H2,1H3. The van der Waals surface area contributed by atoms with Crippen LogP contribution in [0.25, 0.3) is 0 Å². The van der Waals surface area contributed by atoms with Crippen LogP contribution in [0.1, 0.15) is 6.92 Å². The topological polar surface area (TPSA) is 52.6 Å². The maximum atomic E-state index is 11.1. The first-order chi connectivity index (χ1) is 8.18. The van der Waals surface area contributed by atoms with Crippen molar-refractivity contribution in [3.05, 3.63) is 30.3 Å². The molecule has 17 heavy (non-hydrogen) atoms. The summed E-state index contributed by atoms with van der Waals surface area (Å²) in [6, 6.07) is 9.28. The van der Waals surface area contributed by atoms with Crippen LogP contribution >= 0.6 is 11.8 Å². The molecule has 0 aliphatic heterocycles. The van der Waals surface area contributed by atoms with Crippen LogP contribution < -0.4 is 4.74 Å². The van der Waals surface area contributed by atoms with E-state index in [1.807, 2.05) is 30.3 Å². The molecule has 0 bridgehead atoms. The van der Waals surface area contributed by atoms with Gasteiger partial charge < -0.3 is 9.47 Å². The molecule has 0 aromatic heterocycles. The zero-order valence-corrected chi connectivity index (χ0v) is 10.4. The van der Waals surface area contributed by atoms with Crippen molar-refractivity contribution in [1.29, 1.82) is 0 Å². The fourth-order valence-electron chi connectivity index (χ4n) is 1.03. The number of hydrogen-bond donors (Lipinski definition) is 0. The Morgan fingerprint density at radius 2 is 1.88 bits per heavy atom. The number of esters is 1.